The lowest BCUT2D eigenvalue weighted by atomic mass is 9.88. The predicted octanol–water partition coefficient (Wildman–Crippen LogP) is 2.59. The Labute approximate surface area is 106 Å². The van der Waals surface area contributed by atoms with E-state index >= 15 is 0 Å². The summed E-state index contributed by atoms with van der Waals surface area (Å²) in [5.74, 6) is 1.28. The molecule has 3 heteroatoms. The van der Waals surface area contributed by atoms with Crippen molar-refractivity contribution < 1.29 is 0 Å². The summed E-state index contributed by atoms with van der Waals surface area (Å²) in [5.41, 5.74) is 0.627. The molecule has 1 aliphatic rings. The largest absolute Gasteiger partial charge is 0.309 e. The molecule has 0 aliphatic carbocycles. The molecule has 0 aromatic heterocycles. The Hall–Kier alpha value is 0.270. The number of hydrogen-bond acceptors (Lipinski definition) is 3. The Morgan fingerprint density at radius 3 is 2.56 bits per heavy atom. The molecule has 1 N–H and O–H groups in total. The van der Waals surface area contributed by atoms with Crippen LogP contribution in [0.25, 0.3) is 0 Å². The van der Waals surface area contributed by atoms with E-state index < -0.39 is 0 Å². The lowest BCUT2D eigenvalue weighted by Gasteiger charge is -2.51. The predicted molar refractivity (Wildman–Crippen MR) is 75.3 cm³/mol. The van der Waals surface area contributed by atoms with Gasteiger partial charge < -0.3 is 5.32 Å². The van der Waals surface area contributed by atoms with Crippen LogP contribution in [0.2, 0.25) is 0 Å². The highest BCUT2D eigenvalue weighted by Gasteiger charge is 2.38. The average molecular weight is 244 g/mol. The molecule has 2 nitrogen and oxygen atoms in total. The summed E-state index contributed by atoms with van der Waals surface area (Å²) in [6.45, 7) is 12.9. The summed E-state index contributed by atoms with van der Waals surface area (Å²) >= 11 is 1.96. The second kappa shape index (κ2) is 5.74. The Balaban J connectivity index is 2.58. The van der Waals surface area contributed by atoms with E-state index in [0.29, 0.717) is 5.54 Å². The maximum atomic E-state index is 3.67. The van der Waals surface area contributed by atoms with Crippen molar-refractivity contribution in [3.63, 3.8) is 0 Å². The number of hydrogen-bond donors (Lipinski definition) is 1. The van der Waals surface area contributed by atoms with E-state index in [-0.39, 0.29) is 5.54 Å². The number of nitrogens with zero attached hydrogens (tertiary/aromatic N) is 1. The van der Waals surface area contributed by atoms with Gasteiger partial charge in [0.15, 0.2) is 0 Å². The van der Waals surface area contributed by atoms with Gasteiger partial charge in [-0.1, -0.05) is 6.92 Å². The third kappa shape index (κ3) is 3.64. The third-order valence-corrected chi connectivity index (χ3v) is 4.53. The minimum atomic E-state index is 0.272. The first-order valence-electron chi connectivity index (χ1n) is 6.42. The molecular formula is C13H28N2S. The lowest BCUT2D eigenvalue weighted by Crippen LogP contribution is -2.67. The van der Waals surface area contributed by atoms with Gasteiger partial charge in [-0.25, -0.2) is 0 Å². The van der Waals surface area contributed by atoms with Crippen molar-refractivity contribution in [2.45, 2.75) is 51.6 Å². The van der Waals surface area contributed by atoms with Crippen LogP contribution in [0.15, 0.2) is 0 Å². The van der Waals surface area contributed by atoms with E-state index in [4.69, 9.17) is 0 Å². The minimum absolute atomic E-state index is 0.272. The molecule has 1 saturated heterocycles. The molecule has 1 heterocycles. The van der Waals surface area contributed by atoms with Gasteiger partial charge in [0, 0.05) is 24.2 Å². The van der Waals surface area contributed by atoms with Crippen molar-refractivity contribution in [2.75, 3.05) is 31.6 Å². The quantitative estimate of drug-likeness (QED) is 0.748. The van der Waals surface area contributed by atoms with E-state index in [0.717, 1.165) is 6.54 Å². The van der Waals surface area contributed by atoms with Gasteiger partial charge >= 0.3 is 0 Å². The summed E-state index contributed by atoms with van der Waals surface area (Å²) in [4.78, 5) is 2.69. The van der Waals surface area contributed by atoms with Gasteiger partial charge in [0.25, 0.3) is 0 Å². The van der Waals surface area contributed by atoms with E-state index in [9.17, 15) is 0 Å². The standard InChI is InChI=1S/C13H28N2S/c1-6-13(4)10-14-12(2,3)11-15(13)8-7-9-16-5/h14H,6-11H2,1-5H3. The molecule has 1 unspecified atom stereocenters. The monoisotopic (exact) mass is 244 g/mol. The normalized spacial score (nSPS) is 30.6. The van der Waals surface area contributed by atoms with Crippen LogP contribution in [0.5, 0.6) is 0 Å². The zero-order valence-electron chi connectivity index (χ0n) is 11.6. The molecule has 1 rings (SSSR count). The number of piperazine rings is 1. The third-order valence-electron chi connectivity index (χ3n) is 3.84. The minimum Gasteiger partial charge on any atom is -0.309 e. The molecule has 96 valence electrons. The van der Waals surface area contributed by atoms with E-state index in [1.54, 1.807) is 0 Å². The number of nitrogens with one attached hydrogen (secondary N) is 1. The van der Waals surface area contributed by atoms with Crippen LogP contribution in [-0.4, -0.2) is 47.6 Å². The summed E-state index contributed by atoms with van der Waals surface area (Å²) in [6, 6.07) is 0. The van der Waals surface area contributed by atoms with Crippen molar-refractivity contribution in [1.82, 2.24) is 10.2 Å². The molecule has 1 fully saturated rings. The maximum absolute atomic E-state index is 3.67. The van der Waals surface area contributed by atoms with Gasteiger partial charge in [-0.2, -0.15) is 11.8 Å². The maximum Gasteiger partial charge on any atom is 0.0304 e. The first-order chi connectivity index (χ1) is 7.43. The van der Waals surface area contributed by atoms with Crippen LogP contribution in [0.4, 0.5) is 0 Å². The average Bonchev–Trinajstić information content (AvgIpc) is 2.24. The highest BCUT2D eigenvalue weighted by atomic mass is 32.2. The summed E-state index contributed by atoms with van der Waals surface area (Å²) in [6.07, 6.45) is 4.74. The Kier molecular flexibility index (Phi) is 5.14. The second-order valence-corrected chi connectivity index (χ2v) is 6.84. The molecule has 0 spiro atoms. The first-order valence-corrected chi connectivity index (χ1v) is 7.82. The van der Waals surface area contributed by atoms with Crippen LogP contribution in [0.3, 0.4) is 0 Å². The van der Waals surface area contributed by atoms with Gasteiger partial charge in [-0.3, -0.25) is 4.90 Å². The summed E-state index contributed by atoms with van der Waals surface area (Å²) in [5, 5.41) is 3.67. The van der Waals surface area contributed by atoms with Crippen LogP contribution in [0, 0.1) is 0 Å². The second-order valence-electron chi connectivity index (χ2n) is 5.86. The molecule has 0 radical (unpaired) electrons. The molecule has 0 aromatic carbocycles. The van der Waals surface area contributed by atoms with Gasteiger partial charge in [-0.05, 0) is 52.2 Å². The Bertz CT molecular complexity index is 218. The topological polar surface area (TPSA) is 15.3 Å². The highest BCUT2D eigenvalue weighted by Crippen LogP contribution is 2.26. The van der Waals surface area contributed by atoms with Gasteiger partial charge in [-0.15, -0.1) is 0 Å². The SMILES string of the molecule is CCC1(C)CNC(C)(C)CN1CCCSC. The molecule has 1 aliphatic heterocycles. The van der Waals surface area contributed by atoms with Crippen LogP contribution >= 0.6 is 11.8 Å². The number of thioether (sulfide) groups is 1. The Morgan fingerprint density at radius 1 is 1.31 bits per heavy atom. The van der Waals surface area contributed by atoms with Crippen molar-refractivity contribution in [3.8, 4) is 0 Å². The fraction of sp³-hybridized carbons (Fsp3) is 1.00. The van der Waals surface area contributed by atoms with Crippen molar-refractivity contribution in [2.24, 2.45) is 0 Å². The molecule has 1 atom stereocenters. The summed E-state index contributed by atoms with van der Waals surface area (Å²) < 4.78 is 0. The molecule has 0 bridgehead atoms. The van der Waals surface area contributed by atoms with E-state index in [1.165, 1.54) is 31.7 Å². The van der Waals surface area contributed by atoms with Crippen LogP contribution < -0.4 is 5.32 Å². The fourth-order valence-electron chi connectivity index (χ4n) is 2.36. The zero-order valence-corrected chi connectivity index (χ0v) is 12.4. The summed E-state index contributed by atoms with van der Waals surface area (Å²) in [7, 11) is 0. The molecular weight excluding hydrogens is 216 g/mol. The van der Waals surface area contributed by atoms with E-state index in [2.05, 4.69) is 44.2 Å². The van der Waals surface area contributed by atoms with Crippen molar-refractivity contribution in [3.05, 3.63) is 0 Å². The van der Waals surface area contributed by atoms with Gasteiger partial charge in [0.05, 0.1) is 0 Å². The molecule has 0 aromatic rings. The van der Waals surface area contributed by atoms with Crippen LogP contribution in [0.1, 0.15) is 40.5 Å². The molecule has 0 saturated carbocycles. The first kappa shape index (κ1) is 14.3. The number of rotatable bonds is 5. The Morgan fingerprint density at radius 2 is 2.00 bits per heavy atom. The van der Waals surface area contributed by atoms with Crippen molar-refractivity contribution >= 4 is 11.8 Å². The highest BCUT2D eigenvalue weighted by molar-refractivity contribution is 7.98. The van der Waals surface area contributed by atoms with Crippen molar-refractivity contribution in [1.29, 1.82) is 0 Å². The zero-order chi connectivity index (χ0) is 12.2. The van der Waals surface area contributed by atoms with E-state index in [1.807, 2.05) is 11.8 Å². The lowest BCUT2D eigenvalue weighted by molar-refractivity contribution is 0.0247. The molecule has 16 heavy (non-hydrogen) atoms. The van der Waals surface area contributed by atoms with Gasteiger partial charge in [0.2, 0.25) is 0 Å². The van der Waals surface area contributed by atoms with Gasteiger partial charge in [0.1, 0.15) is 0 Å². The fourth-order valence-corrected chi connectivity index (χ4v) is 2.78. The smallest absolute Gasteiger partial charge is 0.0304 e. The van der Waals surface area contributed by atoms with Crippen LogP contribution in [-0.2, 0) is 0 Å². The molecule has 0 amide bonds.